The minimum absolute atomic E-state index is 0.169. The number of para-hydroxylation sites is 1. The van der Waals surface area contributed by atoms with E-state index in [4.69, 9.17) is 16.3 Å². The van der Waals surface area contributed by atoms with E-state index in [2.05, 4.69) is 10.5 Å². The van der Waals surface area contributed by atoms with Gasteiger partial charge in [-0.2, -0.15) is 5.10 Å². The maximum Gasteiger partial charge on any atom is 0.275 e. The summed E-state index contributed by atoms with van der Waals surface area (Å²) in [6.45, 7) is 0.318. The minimum Gasteiger partial charge on any atom is -0.508 e. The summed E-state index contributed by atoms with van der Waals surface area (Å²) in [5, 5.41) is 13.9. The lowest BCUT2D eigenvalue weighted by atomic mass is 10.2. The van der Waals surface area contributed by atoms with Crippen LogP contribution in [0.2, 0.25) is 5.02 Å². The van der Waals surface area contributed by atoms with Crippen molar-refractivity contribution in [2.45, 2.75) is 6.61 Å². The van der Waals surface area contributed by atoms with Crippen molar-refractivity contribution in [2.75, 3.05) is 0 Å². The van der Waals surface area contributed by atoms with Crippen LogP contribution in [0, 0.1) is 0 Å². The molecule has 3 rings (SSSR count). The number of hydrazone groups is 1. The summed E-state index contributed by atoms with van der Waals surface area (Å²) in [6.07, 6.45) is 1.49. The highest BCUT2D eigenvalue weighted by atomic mass is 35.5. The molecule has 0 heterocycles. The Balaban J connectivity index is 1.64. The van der Waals surface area contributed by atoms with Crippen LogP contribution in [0.4, 0.5) is 0 Å². The molecule has 5 nitrogen and oxygen atoms in total. The molecular formula is C21H17ClN2O3. The first-order chi connectivity index (χ1) is 13.1. The molecule has 0 atom stereocenters. The molecule has 1 amide bonds. The Kier molecular flexibility index (Phi) is 6.07. The zero-order valence-corrected chi connectivity index (χ0v) is 15.1. The molecule has 136 valence electrons. The van der Waals surface area contributed by atoms with Gasteiger partial charge in [0.1, 0.15) is 18.1 Å². The van der Waals surface area contributed by atoms with E-state index >= 15 is 0 Å². The molecule has 0 saturated heterocycles. The third kappa shape index (κ3) is 5.33. The molecule has 3 aromatic carbocycles. The van der Waals surface area contributed by atoms with Crippen molar-refractivity contribution in [3.63, 3.8) is 0 Å². The van der Waals surface area contributed by atoms with Gasteiger partial charge < -0.3 is 9.84 Å². The number of ether oxygens (including phenoxy) is 1. The van der Waals surface area contributed by atoms with E-state index in [1.807, 2.05) is 12.1 Å². The van der Waals surface area contributed by atoms with Crippen LogP contribution >= 0.6 is 11.6 Å². The van der Waals surface area contributed by atoms with Crippen LogP contribution in [0.1, 0.15) is 21.5 Å². The number of hydrogen-bond acceptors (Lipinski definition) is 4. The molecule has 6 heteroatoms. The molecule has 0 unspecified atom stereocenters. The molecule has 0 aliphatic heterocycles. The molecule has 3 aromatic rings. The molecule has 0 bridgehead atoms. The Morgan fingerprint density at radius 3 is 2.48 bits per heavy atom. The molecular weight excluding hydrogens is 364 g/mol. The molecule has 27 heavy (non-hydrogen) atoms. The number of phenolic OH excluding ortho intramolecular Hbond substituents is 1. The number of benzene rings is 3. The first-order valence-electron chi connectivity index (χ1n) is 8.20. The number of phenols is 1. The van der Waals surface area contributed by atoms with E-state index in [0.717, 1.165) is 11.1 Å². The number of hydrogen-bond donors (Lipinski definition) is 2. The number of nitrogens with one attached hydrogen (secondary N) is 1. The van der Waals surface area contributed by atoms with Crippen molar-refractivity contribution in [1.82, 2.24) is 5.43 Å². The molecule has 0 fully saturated rings. The number of halogens is 1. The Morgan fingerprint density at radius 2 is 1.74 bits per heavy atom. The van der Waals surface area contributed by atoms with Crippen LogP contribution in [0.3, 0.4) is 0 Å². The molecule has 0 aromatic heterocycles. The summed E-state index contributed by atoms with van der Waals surface area (Å²) >= 11 is 5.88. The van der Waals surface area contributed by atoms with Gasteiger partial charge in [0.05, 0.1) is 11.8 Å². The summed E-state index contributed by atoms with van der Waals surface area (Å²) < 4.78 is 5.78. The lowest BCUT2D eigenvalue weighted by Crippen LogP contribution is -2.18. The Bertz CT molecular complexity index is 938. The first-order valence-corrected chi connectivity index (χ1v) is 8.58. The topological polar surface area (TPSA) is 70.9 Å². The third-order valence-corrected chi connectivity index (χ3v) is 3.96. The average Bonchev–Trinajstić information content (AvgIpc) is 2.69. The highest BCUT2D eigenvalue weighted by molar-refractivity contribution is 6.30. The molecule has 0 aliphatic rings. The number of amides is 1. The standard InChI is InChI=1S/C21H17ClN2O3/c22-17-9-5-16(6-10-17)14-27-20-4-2-1-3-19(20)21(26)24-23-13-15-7-11-18(25)12-8-15/h1-13,25H,14H2,(H,24,26)/b23-13+. The fourth-order valence-corrected chi connectivity index (χ4v) is 2.43. The van der Waals surface area contributed by atoms with Crippen molar-refractivity contribution < 1.29 is 14.6 Å². The molecule has 0 aliphatic carbocycles. The van der Waals surface area contributed by atoms with Gasteiger partial charge in [0.2, 0.25) is 0 Å². The lowest BCUT2D eigenvalue weighted by molar-refractivity contribution is 0.0950. The second-order valence-corrected chi connectivity index (χ2v) is 6.14. The van der Waals surface area contributed by atoms with E-state index in [0.29, 0.717) is 22.9 Å². The molecule has 0 radical (unpaired) electrons. The number of aromatic hydroxyl groups is 1. The van der Waals surface area contributed by atoms with E-state index < -0.39 is 0 Å². The van der Waals surface area contributed by atoms with Gasteiger partial charge in [-0.1, -0.05) is 35.9 Å². The molecule has 0 spiro atoms. The van der Waals surface area contributed by atoms with Crippen molar-refractivity contribution in [3.8, 4) is 11.5 Å². The smallest absolute Gasteiger partial charge is 0.275 e. The normalized spacial score (nSPS) is 10.7. The Hall–Kier alpha value is -3.31. The van der Waals surface area contributed by atoms with E-state index in [-0.39, 0.29) is 11.7 Å². The van der Waals surface area contributed by atoms with Crippen LogP contribution in [0.5, 0.6) is 11.5 Å². The van der Waals surface area contributed by atoms with Crippen LogP contribution in [-0.4, -0.2) is 17.2 Å². The Labute approximate surface area is 161 Å². The number of nitrogens with zero attached hydrogens (tertiary/aromatic N) is 1. The van der Waals surface area contributed by atoms with Gasteiger partial charge in [-0.15, -0.1) is 0 Å². The van der Waals surface area contributed by atoms with E-state index in [9.17, 15) is 9.90 Å². The Morgan fingerprint density at radius 1 is 1.04 bits per heavy atom. The fourth-order valence-electron chi connectivity index (χ4n) is 2.31. The van der Waals surface area contributed by atoms with Crippen molar-refractivity contribution in [1.29, 1.82) is 0 Å². The average molecular weight is 381 g/mol. The highest BCUT2D eigenvalue weighted by Gasteiger charge is 2.11. The second-order valence-electron chi connectivity index (χ2n) is 5.70. The fraction of sp³-hybridized carbons (Fsp3) is 0.0476. The summed E-state index contributed by atoms with van der Waals surface area (Å²) in [4.78, 5) is 12.4. The zero-order valence-electron chi connectivity index (χ0n) is 14.3. The summed E-state index contributed by atoms with van der Waals surface area (Å²) in [6, 6.07) is 20.7. The van der Waals surface area contributed by atoms with Crippen molar-refractivity contribution >= 4 is 23.7 Å². The SMILES string of the molecule is O=C(N/N=C/c1ccc(O)cc1)c1ccccc1OCc1ccc(Cl)cc1. The summed E-state index contributed by atoms with van der Waals surface area (Å²) in [5.74, 6) is 0.254. The first kappa shape index (κ1) is 18.5. The lowest BCUT2D eigenvalue weighted by Gasteiger charge is -2.10. The predicted molar refractivity (Wildman–Crippen MR) is 105 cm³/mol. The van der Waals surface area contributed by atoms with Gasteiger partial charge in [0.25, 0.3) is 5.91 Å². The summed E-state index contributed by atoms with van der Waals surface area (Å²) in [5.41, 5.74) is 4.56. The van der Waals surface area contributed by atoms with Crippen LogP contribution < -0.4 is 10.2 Å². The van der Waals surface area contributed by atoms with E-state index in [1.54, 1.807) is 60.7 Å². The van der Waals surface area contributed by atoms with Crippen LogP contribution in [0.15, 0.2) is 77.9 Å². The third-order valence-electron chi connectivity index (χ3n) is 3.71. The van der Waals surface area contributed by atoms with Crippen molar-refractivity contribution in [3.05, 3.63) is 94.5 Å². The maximum atomic E-state index is 12.4. The van der Waals surface area contributed by atoms with Gasteiger partial charge in [-0.05, 0) is 59.7 Å². The van der Waals surface area contributed by atoms with Gasteiger partial charge in [-0.25, -0.2) is 5.43 Å². The predicted octanol–water partition coefficient (Wildman–Crippen LogP) is 4.39. The maximum absolute atomic E-state index is 12.4. The van der Waals surface area contributed by atoms with Gasteiger partial charge >= 0.3 is 0 Å². The summed E-state index contributed by atoms with van der Waals surface area (Å²) in [7, 11) is 0. The number of rotatable bonds is 6. The van der Waals surface area contributed by atoms with Crippen molar-refractivity contribution in [2.24, 2.45) is 5.10 Å². The number of carbonyl (C=O) groups is 1. The minimum atomic E-state index is -0.378. The zero-order chi connectivity index (χ0) is 19.1. The highest BCUT2D eigenvalue weighted by Crippen LogP contribution is 2.20. The monoisotopic (exact) mass is 380 g/mol. The number of carbonyl (C=O) groups excluding carboxylic acids is 1. The van der Waals surface area contributed by atoms with Crippen LogP contribution in [-0.2, 0) is 6.61 Å². The van der Waals surface area contributed by atoms with Gasteiger partial charge in [0, 0.05) is 5.02 Å². The van der Waals surface area contributed by atoms with Gasteiger partial charge in [-0.3, -0.25) is 4.79 Å². The largest absolute Gasteiger partial charge is 0.508 e. The van der Waals surface area contributed by atoms with E-state index in [1.165, 1.54) is 6.21 Å². The molecule has 2 N–H and O–H groups in total. The quantitative estimate of drug-likeness (QED) is 0.492. The second kappa shape index (κ2) is 8.87. The molecule has 0 saturated carbocycles. The van der Waals surface area contributed by atoms with Crippen LogP contribution in [0.25, 0.3) is 0 Å². The van der Waals surface area contributed by atoms with Gasteiger partial charge in [0.15, 0.2) is 0 Å².